The van der Waals surface area contributed by atoms with Crippen molar-refractivity contribution in [1.29, 1.82) is 0 Å². The van der Waals surface area contributed by atoms with Gasteiger partial charge in [0, 0.05) is 18.7 Å². The molecule has 1 aliphatic rings. The number of nitrogens with one attached hydrogen (secondary N) is 1. The van der Waals surface area contributed by atoms with Crippen LogP contribution in [0.25, 0.3) is 0 Å². The molecule has 3 atom stereocenters. The molecular formula is C26H27FN2O2. The van der Waals surface area contributed by atoms with E-state index >= 15 is 0 Å². The van der Waals surface area contributed by atoms with Crippen molar-refractivity contribution in [1.82, 2.24) is 10.2 Å². The third-order valence-electron chi connectivity index (χ3n) is 6.05. The van der Waals surface area contributed by atoms with Crippen molar-refractivity contribution in [3.63, 3.8) is 0 Å². The van der Waals surface area contributed by atoms with Crippen molar-refractivity contribution in [2.45, 2.75) is 37.6 Å². The molecule has 3 aromatic carbocycles. The van der Waals surface area contributed by atoms with E-state index in [9.17, 15) is 14.3 Å². The first-order chi connectivity index (χ1) is 14.9. The number of hydrogen-bond acceptors (Lipinski definition) is 3. The van der Waals surface area contributed by atoms with Crippen LogP contribution < -0.4 is 5.32 Å². The predicted molar refractivity (Wildman–Crippen MR) is 119 cm³/mol. The van der Waals surface area contributed by atoms with Crippen LogP contribution in [-0.4, -0.2) is 34.1 Å². The number of likely N-dealkylation sites (tertiary alicyclic amines) is 1. The van der Waals surface area contributed by atoms with E-state index in [1.54, 1.807) is 6.92 Å². The Labute approximate surface area is 182 Å². The molecule has 1 aliphatic heterocycles. The molecule has 1 heterocycles. The molecule has 1 saturated heterocycles. The predicted octanol–water partition coefficient (Wildman–Crippen LogP) is 4.32. The lowest BCUT2D eigenvalue weighted by atomic mass is 9.79. The van der Waals surface area contributed by atoms with Gasteiger partial charge in [0.2, 0.25) is 0 Å². The van der Waals surface area contributed by atoms with Gasteiger partial charge in [0.15, 0.2) is 0 Å². The van der Waals surface area contributed by atoms with Crippen molar-refractivity contribution < 1.29 is 14.3 Å². The zero-order valence-electron chi connectivity index (χ0n) is 17.5. The first kappa shape index (κ1) is 21.2. The van der Waals surface area contributed by atoms with E-state index in [0.717, 1.165) is 5.56 Å². The van der Waals surface area contributed by atoms with E-state index in [4.69, 9.17) is 0 Å². The van der Waals surface area contributed by atoms with E-state index < -0.39 is 17.5 Å². The number of aliphatic hydroxyl groups is 1. The highest BCUT2D eigenvalue weighted by Gasteiger charge is 2.46. The molecule has 0 radical (unpaired) electrons. The third-order valence-corrected chi connectivity index (χ3v) is 6.05. The number of rotatable bonds is 5. The van der Waals surface area contributed by atoms with Crippen LogP contribution in [0.3, 0.4) is 0 Å². The normalized spacial score (nSPS) is 24.0. The van der Waals surface area contributed by atoms with Gasteiger partial charge in [0.05, 0.1) is 17.7 Å². The average molecular weight is 419 g/mol. The largest absolute Gasteiger partial charge is 0.388 e. The summed E-state index contributed by atoms with van der Waals surface area (Å²) in [4.78, 5) is 15.3. The lowest BCUT2D eigenvalue weighted by Crippen LogP contribution is -2.62. The van der Waals surface area contributed by atoms with Gasteiger partial charge in [-0.3, -0.25) is 9.69 Å². The molecule has 4 rings (SSSR count). The van der Waals surface area contributed by atoms with Crippen LogP contribution in [0.5, 0.6) is 0 Å². The molecule has 0 aromatic heterocycles. The smallest absolute Gasteiger partial charge is 0.251 e. The minimum Gasteiger partial charge on any atom is -0.388 e. The summed E-state index contributed by atoms with van der Waals surface area (Å²) in [5, 5.41) is 14.3. The Morgan fingerprint density at radius 3 is 2.29 bits per heavy atom. The first-order valence-corrected chi connectivity index (χ1v) is 10.6. The number of amides is 1. The van der Waals surface area contributed by atoms with E-state index in [-0.39, 0.29) is 11.9 Å². The number of piperidine rings is 1. The van der Waals surface area contributed by atoms with Gasteiger partial charge in [-0.2, -0.15) is 0 Å². The van der Waals surface area contributed by atoms with Gasteiger partial charge in [0.25, 0.3) is 5.91 Å². The fourth-order valence-corrected chi connectivity index (χ4v) is 4.32. The molecular weight excluding hydrogens is 391 g/mol. The molecule has 1 fully saturated rings. The molecule has 0 spiro atoms. The molecule has 3 aromatic rings. The number of benzene rings is 3. The summed E-state index contributed by atoms with van der Waals surface area (Å²) in [6.45, 7) is 3.18. The Kier molecular flexibility index (Phi) is 6.16. The number of carbonyl (C=O) groups is 1. The first-order valence-electron chi connectivity index (χ1n) is 10.6. The fourth-order valence-electron chi connectivity index (χ4n) is 4.32. The lowest BCUT2D eigenvalue weighted by molar-refractivity contribution is -0.0664. The summed E-state index contributed by atoms with van der Waals surface area (Å²) < 4.78 is 13.3. The molecule has 31 heavy (non-hydrogen) atoms. The van der Waals surface area contributed by atoms with Gasteiger partial charge in [-0.1, -0.05) is 60.7 Å². The maximum absolute atomic E-state index is 13.3. The maximum Gasteiger partial charge on any atom is 0.251 e. The third kappa shape index (κ3) is 4.84. The summed E-state index contributed by atoms with van der Waals surface area (Å²) in [5.74, 6) is -0.717. The summed E-state index contributed by atoms with van der Waals surface area (Å²) in [7, 11) is 0. The fraction of sp³-hybridized carbons (Fsp3) is 0.269. The van der Waals surface area contributed by atoms with Crippen molar-refractivity contribution >= 4 is 5.91 Å². The molecule has 2 N–H and O–H groups in total. The molecule has 3 unspecified atom stereocenters. The van der Waals surface area contributed by atoms with Crippen molar-refractivity contribution in [3.05, 3.63) is 107 Å². The summed E-state index contributed by atoms with van der Waals surface area (Å²) in [6, 6.07) is 24.8. The molecule has 4 nitrogen and oxygen atoms in total. The summed E-state index contributed by atoms with van der Waals surface area (Å²) >= 11 is 0. The van der Waals surface area contributed by atoms with Gasteiger partial charge >= 0.3 is 0 Å². The quantitative estimate of drug-likeness (QED) is 0.649. The van der Waals surface area contributed by atoms with Crippen LogP contribution in [0, 0.1) is 5.82 Å². The molecule has 0 saturated carbocycles. The number of carbonyl (C=O) groups excluding carboxylic acids is 1. The molecule has 5 heteroatoms. The lowest BCUT2D eigenvalue weighted by Gasteiger charge is -2.49. The Morgan fingerprint density at radius 2 is 1.65 bits per heavy atom. The van der Waals surface area contributed by atoms with Crippen LogP contribution in [0.15, 0.2) is 84.9 Å². The summed E-state index contributed by atoms with van der Waals surface area (Å²) in [5.41, 5.74) is 1.48. The summed E-state index contributed by atoms with van der Waals surface area (Å²) in [6.07, 6.45) is 0.525. The second kappa shape index (κ2) is 9.00. The Bertz CT molecular complexity index is 1010. The monoisotopic (exact) mass is 418 g/mol. The Hall–Kier alpha value is -3.02. The van der Waals surface area contributed by atoms with Crippen LogP contribution >= 0.6 is 0 Å². The number of nitrogens with zero attached hydrogens (tertiary/aromatic N) is 1. The maximum atomic E-state index is 13.3. The van der Waals surface area contributed by atoms with E-state index in [1.807, 2.05) is 48.5 Å². The SMILES string of the molecule is CC1(O)CCN(Cc2ccccc2)C(c2ccccc2)C1NC(=O)c1ccc(F)cc1. The van der Waals surface area contributed by atoms with Crippen LogP contribution in [0.2, 0.25) is 0 Å². The van der Waals surface area contributed by atoms with Crippen molar-refractivity contribution in [3.8, 4) is 0 Å². The zero-order valence-corrected chi connectivity index (χ0v) is 17.5. The van der Waals surface area contributed by atoms with E-state index in [1.165, 1.54) is 29.8 Å². The van der Waals surface area contributed by atoms with Crippen LogP contribution in [-0.2, 0) is 6.54 Å². The van der Waals surface area contributed by atoms with Crippen LogP contribution in [0.1, 0.15) is 40.9 Å². The van der Waals surface area contributed by atoms with Gasteiger partial charge in [-0.15, -0.1) is 0 Å². The zero-order chi connectivity index (χ0) is 21.8. The molecule has 0 bridgehead atoms. The van der Waals surface area contributed by atoms with Gasteiger partial charge in [0.1, 0.15) is 5.82 Å². The second-order valence-corrected chi connectivity index (χ2v) is 8.38. The average Bonchev–Trinajstić information content (AvgIpc) is 2.78. The van der Waals surface area contributed by atoms with Gasteiger partial charge in [-0.25, -0.2) is 4.39 Å². The number of halogens is 1. The minimum atomic E-state index is -1.09. The van der Waals surface area contributed by atoms with E-state index in [2.05, 4.69) is 22.3 Å². The second-order valence-electron chi connectivity index (χ2n) is 8.38. The highest BCUT2D eigenvalue weighted by atomic mass is 19.1. The Morgan fingerprint density at radius 1 is 1.03 bits per heavy atom. The molecule has 0 aliphatic carbocycles. The molecule has 160 valence electrons. The minimum absolute atomic E-state index is 0.213. The standard InChI is InChI=1S/C26H27FN2O2/c1-26(31)16-17-29(18-19-8-4-2-5-9-19)23(20-10-6-3-7-11-20)24(26)28-25(30)21-12-14-22(27)15-13-21/h2-15,23-24,31H,16-18H2,1H3,(H,28,30). The van der Waals surface area contributed by atoms with E-state index in [0.29, 0.717) is 25.1 Å². The highest BCUT2D eigenvalue weighted by molar-refractivity contribution is 5.94. The van der Waals surface area contributed by atoms with Gasteiger partial charge < -0.3 is 10.4 Å². The van der Waals surface area contributed by atoms with Crippen molar-refractivity contribution in [2.24, 2.45) is 0 Å². The van der Waals surface area contributed by atoms with Crippen LogP contribution in [0.4, 0.5) is 4.39 Å². The topological polar surface area (TPSA) is 52.6 Å². The van der Waals surface area contributed by atoms with Gasteiger partial charge in [-0.05, 0) is 48.7 Å². The van der Waals surface area contributed by atoms with Crippen molar-refractivity contribution in [2.75, 3.05) is 6.54 Å². The Balaban J connectivity index is 1.67. The molecule has 1 amide bonds. The highest BCUT2D eigenvalue weighted by Crippen LogP contribution is 2.38. The number of hydrogen-bond donors (Lipinski definition) is 2.